The van der Waals surface area contributed by atoms with Crippen molar-refractivity contribution < 1.29 is 4.74 Å². The quantitative estimate of drug-likeness (QED) is 0.916. The minimum absolute atomic E-state index is 0.458. The van der Waals surface area contributed by atoms with Gasteiger partial charge in [0, 0.05) is 16.6 Å². The van der Waals surface area contributed by atoms with Crippen molar-refractivity contribution in [2.45, 2.75) is 20.4 Å². The van der Waals surface area contributed by atoms with Crippen LogP contribution in [0.15, 0.2) is 40.9 Å². The lowest BCUT2D eigenvalue weighted by atomic mass is 10.1. The largest absolute Gasteiger partial charge is 0.457 e. The van der Waals surface area contributed by atoms with Gasteiger partial charge in [-0.25, -0.2) is 0 Å². The number of halogens is 1. The first kappa shape index (κ1) is 13.1. The monoisotopic (exact) mass is 305 g/mol. The van der Waals surface area contributed by atoms with Crippen LogP contribution in [0.4, 0.5) is 0 Å². The number of nitrogens with two attached hydrogens (primary N) is 1. The molecule has 0 radical (unpaired) electrons. The summed E-state index contributed by atoms with van der Waals surface area (Å²) in [4.78, 5) is 0. The van der Waals surface area contributed by atoms with E-state index in [4.69, 9.17) is 10.5 Å². The highest BCUT2D eigenvalue weighted by Crippen LogP contribution is 2.28. The molecule has 0 unspecified atom stereocenters. The van der Waals surface area contributed by atoms with Crippen LogP contribution in [0.25, 0.3) is 0 Å². The number of aryl methyl sites for hydroxylation is 2. The molecule has 2 nitrogen and oxygen atoms in total. The lowest BCUT2D eigenvalue weighted by Crippen LogP contribution is -1.99. The molecule has 2 rings (SSSR count). The van der Waals surface area contributed by atoms with Crippen LogP contribution in [0.3, 0.4) is 0 Å². The maximum Gasteiger partial charge on any atom is 0.131 e. The van der Waals surface area contributed by atoms with E-state index in [0.29, 0.717) is 6.54 Å². The Bertz CT molecular complexity index is 566. The molecule has 0 aliphatic heterocycles. The number of ether oxygens (including phenoxy) is 1. The summed E-state index contributed by atoms with van der Waals surface area (Å²) >= 11 is 3.43. The van der Waals surface area contributed by atoms with Gasteiger partial charge >= 0.3 is 0 Å². The smallest absolute Gasteiger partial charge is 0.131 e. The van der Waals surface area contributed by atoms with E-state index in [1.165, 1.54) is 11.1 Å². The molecule has 3 heteroatoms. The highest BCUT2D eigenvalue weighted by molar-refractivity contribution is 9.10. The highest BCUT2D eigenvalue weighted by atomic mass is 79.9. The first-order chi connectivity index (χ1) is 8.60. The molecule has 0 bridgehead atoms. The average Bonchev–Trinajstić information content (AvgIpc) is 2.36. The van der Waals surface area contributed by atoms with Crippen molar-refractivity contribution in [3.8, 4) is 11.5 Å². The zero-order valence-electron chi connectivity index (χ0n) is 10.5. The van der Waals surface area contributed by atoms with Crippen molar-refractivity contribution in [3.05, 3.63) is 57.6 Å². The fourth-order valence-corrected chi connectivity index (χ4v) is 2.12. The van der Waals surface area contributed by atoms with Crippen LogP contribution in [-0.4, -0.2) is 0 Å². The molecule has 0 aliphatic carbocycles. The fourth-order valence-electron chi connectivity index (χ4n) is 1.71. The van der Waals surface area contributed by atoms with Crippen molar-refractivity contribution in [2.75, 3.05) is 0 Å². The Kier molecular flexibility index (Phi) is 4.04. The Morgan fingerprint density at radius 1 is 1.06 bits per heavy atom. The van der Waals surface area contributed by atoms with E-state index >= 15 is 0 Å². The van der Waals surface area contributed by atoms with Crippen LogP contribution < -0.4 is 10.5 Å². The molecule has 0 saturated heterocycles. The number of hydrogen-bond acceptors (Lipinski definition) is 2. The molecule has 0 aliphatic rings. The van der Waals surface area contributed by atoms with Crippen LogP contribution in [0.5, 0.6) is 11.5 Å². The Morgan fingerprint density at radius 3 is 2.50 bits per heavy atom. The maximum atomic E-state index is 5.89. The van der Waals surface area contributed by atoms with Gasteiger partial charge in [-0.05, 0) is 55.3 Å². The Balaban J connectivity index is 2.30. The topological polar surface area (TPSA) is 35.2 Å². The molecular formula is C15H16BrNO. The van der Waals surface area contributed by atoms with Crippen molar-refractivity contribution in [1.29, 1.82) is 0 Å². The van der Waals surface area contributed by atoms with Crippen molar-refractivity contribution in [2.24, 2.45) is 5.73 Å². The predicted molar refractivity (Wildman–Crippen MR) is 78.0 cm³/mol. The van der Waals surface area contributed by atoms with Gasteiger partial charge < -0.3 is 10.5 Å². The van der Waals surface area contributed by atoms with Crippen LogP contribution in [0, 0.1) is 13.8 Å². The maximum absolute atomic E-state index is 5.89. The first-order valence-electron chi connectivity index (χ1n) is 5.84. The van der Waals surface area contributed by atoms with Gasteiger partial charge in [-0.3, -0.25) is 0 Å². The molecular weight excluding hydrogens is 290 g/mol. The summed E-state index contributed by atoms with van der Waals surface area (Å²) in [5, 5.41) is 0. The minimum atomic E-state index is 0.458. The summed E-state index contributed by atoms with van der Waals surface area (Å²) in [5.41, 5.74) is 9.20. The number of rotatable bonds is 3. The van der Waals surface area contributed by atoms with Gasteiger partial charge in [0.15, 0.2) is 0 Å². The third-order valence-electron chi connectivity index (χ3n) is 2.95. The van der Waals surface area contributed by atoms with Crippen molar-refractivity contribution >= 4 is 15.9 Å². The Labute approximate surface area is 116 Å². The molecule has 0 spiro atoms. The molecule has 2 N–H and O–H groups in total. The molecule has 94 valence electrons. The Morgan fingerprint density at radius 2 is 1.83 bits per heavy atom. The normalized spacial score (nSPS) is 10.4. The van der Waals surface area contributed by atoms with E-state index in [0.717, 1.165) is 21.5 Å². The summed E-state index contributed by atoms with van der Waals surface area (Å²) in [6, 6.07) is 11.9. The van der Waals surface area contributed by atoms with E-state index in [1.54, 1.807) is 0 Å². The third kappa shape index (κ3) is 2.92. The molecule has 0 heterocycles. The van der Waals surface area contributed by atoms with Crippen LogP contribution in [0.2, 0.25) is 0 Å². The van der Waals surface area contributed by atoms with Gasteiger partial charge in [-0.2, -0.15) is 0 Å². The van der Waals surface area contributed by atoms with Gasteiger partial charge in [-0.15, -0.1) is 0 Å². The molecule has 2 aromatic carbocycles. The number of hydrogen-bond donors (Lipinski definition) is 1. The summed E-state index contributed by atoms with van der Waals surface area (Å²) in [7, 11) is 0. The molecule has 18 heavy (non-hydrogen) atoms. The predicted octanol–water partition coefficient (Wildman–Crippen LogP) is 4.32. The molecule has 0 amide bonds. The summed E-state index contributed by atoms with van der Waals surface area (Å²) in [5.74, 6) is 1.65. The van der Waals surface area contributed by atoms with Crippen LogP contribution in [-0.2, 0) is 6.54 Å². The van der Waals surface area contributed by atoms with Gasteiger partial charge in [0.1, 0.15) is 11.5 Å². The molecule has 0 aromatic heterocycles. The lowest BCUT2D eigenvalue weighted by molar-refractivity contribution is 0.475. The fraction of sp³-hybridized carbons (Fsp3) is 0.200. The minimum Gasteiger partial charge on any atom is -0.457 e. The van der Waals surface area contributed by atoms with Crippen molar-refractivity contribution in [1.82, 2.24) is 0 Å². The van der Waals surface area contributed by atoms with Gasteiger partial charge in [0.2, 0.25) is 0 Å². The van der Waals surface area contributed by atoms with Crippen LogP contribution in [0.1, 0.15) is 16.7 Å². The van der Waals surface area contributed by atoms with E-state index in [1.807, 2.05) is 30.3 Å². The van der Waals surface area contributed by atoms with E-state index < -0.39 is 0 Å². The SMILES string of the molecule is Cc1ccc(Oc2ccc(Br)cc2CN)cc1C. The number of benzene rings is 2. The van der Waals surface area contributed by atoms with Gasteiger partial charge in [0.25, 0.3) is 0 Å². The molecule has 0 saturated carbocycles. The van der Waals surface area contributed by atoms with Gasteiger partial charge in [-0.1, -0.05) is 22.0 Å². The summed E-state index contributed by atoms with van der Waals surface area (Å²) < 4.78 is 6.90. The first-order valence-corrected chi connectivity index (χ1v) is 6.63. The van der Waals surface area contributed by atoms with E-state index in [9.17, 15) is 0 Å². The van der Waals surface area contributed by atoms with Crippen LogP contribution >= 0.6 is 15.9 Å². The van der Waals surface area contributed by atoms with E-state index in [2.05, 4.69) is 35.8 Å². The molecule has 0 atom stereocenters. The standard InChI is InChI=1S/C15H16BrNO/c1-10-3-5-14(7-11(10)2)18-15-6-4-13(16)8-12(15)9-17/h3-8H,9,17H2,1-2H3. The Hall–Kier alpha value is -1.32. The zero-order chi connectivity index (χ0) is 13.1. The second kappa shape index (κ2) is 5.55. The molecule has 0 fully saturated rings. The second-order valence-electron chi connectivity index (χ2n) is 4.30. The summed E-state index contributed by atoms with van der Waals surface area (Å²) in [6.07, 6.45) is 0. The second-order valence-corrected chi connectivity index (χ2v) is 5.22. The van der Waals surface area contributed by atoms with Crippen molar-refractivity contribution in [3.63, 3.8) is 0 Å². The zero-order valence-corrected chi connectivity index (χ0v) is 12.1. The average molecular weight is 306 g/mol. The highest BCUT2D eigenvalue weighted by Gasteiger charge is 2.05. The lowest BCUT2D eigenvalue weighted by Gasteiger charge is -2.11. The van der Waals surface area contributed by atoms with E-state index in [-0.39, 0.29) is 0 Å². The van der Waals surface area contributed by atoms with Gasteiger partial charge in [0.05, 0.1) is 0 Å². The third-order valence-corrected chi connectivity index (χ3v) is 3.44. The summed E-state index contributed by atoms with van der Waals surface area (Å²) in [6.45, 7) is 4.62. The molecule has 2 aromatic rings.